The van der Waals surface area contributed by atoms with Gasteiger partial charge in [-0.25, -0.2) is 0 Å². The fraction of sp³-hybridized carbons (Fsp3) is 0.343. The van der Waals surface area contributed by atoms with Crippen molar-refractivity contribution in [3.63, 3.8) is 0 Å². The van der Waals surface area contributed by atoms with Crippen LogP contribution in [0.5, 0.6) is 11.5 Å². The van der Waals surface area contributed by atoms with E-state index in [1.54, 1.807) is 7.11 Å². The number of unbranched alkanes of at least 4 members (excludes halogenated alkanes) is 1. The van der Waals surface area contributed by atoms with E-state index in [1.807, 2.05) is 85.8 Å². The number of methoxy groups -OCH3 is 1. The highest BCUT2D eigenvalue weighted by molar-refractivity contribution is 6.09. The number of aliphatic imine (C=N–C) groups is 1. The van der Waals surface area contributed by atoms with E-state index in [0.29, 0.717) is 43.1 Å². The molecule has 1 unspecified atom stereocenters. The van der Waals surface area contributed by atoms with Crippen molar-refractivity contribution in [2.45, 2.75) is 58.0 Å². The summed E-state index contributed by atoms with van der Waals surface area (Å²) in [7, 11) is 1.64. The molecule has 0 radical (unpaired) electrons. The van der Waals surface area contributed by atoms with Crippen molar-refractivity contribution in [3.05, 3.63) is 107 Å². The Hall–Kier alpha value is -4.19. The quantitative estimate of drug-likeness (QED) is 0.197. The van der Waals surface area contributed by atoms with Gasteiger partial charge in [-0.15, -0.1) is 0 Å². The SMILES string of the molecule is CCCCOC(=O)C1C(C)=NC2=C(C(=O)C[C@H](c3ccc(OC)cc3)C2)[C@H]1c1ccccc1OCc1ccccc1. The van der Waals surface area contributed by atoms with E-state index in [4.69, 9.17) is 19.2 Å². The Balaban J connectivity index is 1.53. The molecule has 41 heavy (non-hydrogen) atoms. The average molecular weight is 552 g/mol. The third kappa shape index (κ3) is 6.27. The summed E-state index contributed by atoms with van der Waals surface area (Å²) in [6.07, 6.45) is 2.67. The molecular formula is C35H37NO5. The molecule has 5 rings (SSSR count). The van der Waals surface area contributed by atoms with Gasteiger partial charge >= 0.3 is 5.97 Å². The summed E-state index contributed by atoms with van der Waals surface area (Å²) >= 11 is 0. The summed E-state index contributed by atoms with van der Waals surface area (Å²) in [6.45, 7) is 4.65. The molecule has 0 bridgehead atoms. The number of hydrogen-bond acceptors (Lipinski definition) is 6. The van der Waals surface area contributed by atoms with Crippen LogP contribution in [0.25, 0.3) is 0 Å². The van der Waals surface area contributed by atoms with Crippen molar-refractivity contribution in [1.29, 1.82) is 0 Å². The number of para-hydroxylation sites is 1. The van der Waals surface area contributed by atoms with Gasteiger partial charge in [-0.05, 0) is 55.0 Å². The third-order valence-corrected chi connectivity index (χ3v) is 7.96. The molecule has 1 heterocycles. The van der Waals surface area contributed by atoms with Crippen molar-refractivity contribution in [2.24, 2.45) is 10.9 Å². The number of ether oxygens (including phenoxy) is 3. The molecular weight excluding hydrogens is 514 g/mol. The predicted molar refractivity (Wildman–Crippen MR) is 159 cm³/mol. The zero-order valence-corrected chi connectivity index (χ0v) is 24.0. The van der Waals surface area contributed by atoms with Crippen molar-refractivity contribution < 1.29 is 23.8 Å². The van der Waals surface area contributed by atoms with Crippen molar-refractivity contribution in [1.82, 2.24) is 0 Å². The number of esters is 1. The zero-order chi connectivity index (χ0) is 28.8. The minimum absolute atomic E-state index is 0.00184. The van der Waals surface area contributed by atoms with Gasteiger partial charge in [0.25, 0.3) is 0 Å². The summed E-state index contributed by atoms with van der Waals surface area (Å²) in [4.78, 5) is 32.5. The number of rotatable bonds is 10. The van der Waals surface area contributed by atoms with Crippen LogP contribution in [0.2, 0.25) is 0 Å². The number of carbonyl (C=O) groups is 2. The van der Waals surface area contributed by atoms with E-state index in [9.17, 15) is 9.59 Å². The van der Waals surface area contributed by atoms with E-state index < -0.39 is 11.8 Å². The lowest BCUT2D eigenvalue weighted by Crippen LogP contribution is -2.38. The standard InChI is InChI=1S/C35H37NO5/c1-4-5-19-40-35(38)32-23(2)36-29-20-26(25-15-17-27(39-3)18-16-25)21-30(37)34(29)33(32)28-13-9-10-14-31(28)41-22-24-11-7-6-8-12-24/h6-18,26,32-33H,4-5,19-22H2,1-3H3/t26-,32?,33+/m1/s1. The Bertz CT molecular complexity index is 1440. The lowest BCUT2D eigenvalue weighted by atomic mass is 9.69. The molecule has 212 valence electrons. The van der Waals surface area contributed by atoms with E-state index >= 15 is 0 Å². The molecule has 1 aliphatic heterocycles. The molecule has 2 aliphatic rings. The maximum absolute atomic E-state index is 14.0. The van der Waals surface area contributed by atoms with E-state index in [1.165, 1.54) is 0 Å². The summed E-state index contributed by atoms with van der Waals surface area (Å²) in [5.41, 5.74) is 4.93. The number of benzene rings is 3. The topological polar surface area (TPSA) is 74.2 Å². The molecule has 0 fully saturated rings. The van der Waals surface area contributed by atoms with Gasteiger partial charge in [0.2, 0.25) is 0 Å². The Kier molecular flexibility index (Phi) is 8.98. The first-order valence-corrected chi connectivity index (χ1v) is 14.4. The van der Waals surface area contributed by atoms with Gasteiger partial charge in [-0.3, -0.25) is 14.6 Å². The van der Waals surface area contributed by atoms with E-state index in [-0.39, 0.29) is 17.7 Å². The maximum atomic E-state index is 14.0. The summed E-state index contributed by atoms with van der Waals surface area (Å²) in [6, 6.07) is 25.5. The number of nitrogens with zero attached hydrogens (tertiary/aromatic N) is 1. The monoisotopic (exact) mass is 551 g/mol. The lowest BCUT2D eigenvalue weighted by Gasteiger charge is -2.37. The van der Waals surface area contributed by atoms with Crippen LogP contribution in [0.15, 0.2) is 95.1 Å². The first kappa shape index (κ1) is 28.3. The normalized spacial score (nSPS) is 20.2. The lowest BCUT2D eigenvalue weighted by molar-refractivity contribution is -0.146. The Morgan fingerprint density at radius 2 is 1.68 bits per heavy atom. The highest BCUT2D eigenvalue weighted by atomic mass is 16.5. The summed E-state index contributed by atoms with van der Waals surface area (Å²) in [5.74, 6) is -0.140. The smallest absolute Gasteiger partial charge is 0.315 e. The van der Waals surface area contributed by atoms with E-state index in [2.05, 4.69) is 6.92 Å². The van der Waals surface area contributed by atoms with Crippen molar-refractivity contribution in [2.75, 3.05) is 13.7 Å². The third-order valence-electron chi connectivity index (χ3n) is 7.96. The van der Waals surface area contributed by atoms with Crippen LogP contribution in [0.3, 0.4) is 0 Å². The molecule has 0 spiro atoms. The van der Waals surface area contributed by atoms with Crippen LogP contribution in [-0.4, -0.2) is 31.2 Å². The molecule has 6 heteroatoms. The van der Waals surface area contributed by atoms with Crippen LogP contribution >= 0.6 is 0 Å². The maximum Gasteiger partial charge on any atom is 0.315 e. The fourth-order valence-corrected chi connectivity index (χ4v) is 5.82. The molecule has 0 saturated carbocycles. The number of ketones is 1. The first-order chi connectivity index (χ1) is 20.0. The van der Waals surface area contributed by atoms with Crippen LogP contribution in [0, 0.1) is 5.92 Å². The molecule has 0 saturated heterocycles. The van der Waals surface area contributed by atoms with Crippen LogP contribution in [0.4, 0.5) is 0 Å². The van der Waals surface area contributed by atoms with Gasteiger partial charge < -0.3 is 14.2 Å². The molecule has 3 atom stereocenters. The van der Waals surface area contributed by atoms with Gasteiger partial charge in [-0.2, -0.15) is 0 Å². The van der Waals surface area contributed by atoms with Gasteiger partial charge in [0.05, 0.1) is 13.7 Å². The second-order valence-corrected chi connectivity index (χ2v) is 10.7. The number of carbonyl (C=O) groups excluding carboxylic acids is 2. The van der Waals surface area contributed by atoms with Gasteiger partial charge in [0, 0.05) is 34.9 Å². The minimum Gasteiger partial charge on any atom is -0.497 e. The summed E-state index contributed by atoms with van der Waals surface area (Å²) < 4.78 is 17.4. The molecule has 0 amide bonds. The average Bonchev–Trinajstić information content (AvgIpc) is 3.00. The summed E-state index contributed by atoms with van der Waals surface area (Å²) in [5, 5.41) is 0. The van der Waals surface area contributed by atoms with Gasteiger partial charge in [0.15, 0.2) is 5.78 Å². The highest BCUT2D eigenvalue weighted by Gasteiger charge is 2.45. The largest absolute Gasteiger partial charge is 0.497 e. The van der Waals surface area contributed by atoms with Crippen LogP contribution in [0.1, 0.15) is 68.1 Å². The first-order valence-electron chi connectivity index (χ1n) is 14.4. The molecule has 6 nitrogen and oxygen atoms in total. The van der Waals surface area contributed by atoms with E-state index in [0.717, 1.165) is 41.0 Å². The fourth-order valence-electron chi connectivity index (χ4n) is 5.82. The Labute approximate surface area is 242 Å². The molecule has 3 aromatic rings. The minimum atomic E-state index is -0.700. The van der Waals surface area contributed by atoms with Crippen LogP contribution < -0.4 is 9.47 Å². The highest BCUT2D eigenvalue weighted by Crippen LogP contribution is 2.48. The number of allylic oxidation sites excluding steroid dienone is 2. The Morgan fingerprint density at radius 3 is 2.41 bits per heavy atom. The van der Waals surface area contributed by atoms with Crippen molar-refractivity contribution >= 4 is 17.5 Å². The second kappa shape index (κ2) is 13.0. The predicted octanol–water partition coefficient (Wildman–Crippen LogP) is 7.19. The molecule has 0 aromatic heterocycles. The Morgan fingerprint density at radius 1 is 0.951 bits per heavy atom. The zero-order valence-electron chi connectivity index (χ0n) is 24.0. The number of Topliss-reactive ketones (excluding diaryl/α,β-unsaturated/α-hetero) is 1. The van der Waals surface area contributed by atoms with Crippen molar-refractivity contribution in [3.8, 4) is 11.5 Å². The van der Waals surface area contributed by atoms with Crippen LogP contribution in [-0.2, 0) is 20.9 Å². The van der Waals surface area contributed by atoms with Gasteiger partial charge in [-0.1, -0.05) is 74.0 Å². The second-order valence-electron chi connectivity index (χ2n) is 10.7. The van der Waals surface area contributed by atoms with Gasteiger partial charge in [0.1, 0.15) is 24.0 Å². The molecule has 3 aromatic carbocycles. The number of hydrogen-bond donors (Lipinski definition) is 0. The molecule has 1 aliphatic carbocycles. The molecule has 0 N–H and O–H groups in total.